The predicted octanol–water partition coefficient (Wildman–Crippen LogP) is 0.935. The minimum atomic E-state index is -0.113. The summed E-state index contributed by atoms with van der Waals surface area (Å²) >= 11 is 0. The fraction of sp³-hybridized carbons (Fsp3) is 0.500. The first-order valence-corrected chi connectivity index (χ1v) is 3.92. The van der Waals surface area contributed by atoms with Crippen molar-refractivity contribution in [3.8, 4) is 0 Å². The predicted molar refractivity (Wildman–Crippen MR) is 48.5 cm³/mol. The van der Waals surface area contributed by atoms with E-state index in [1.165, 1.54) is 6.07 Å². The van der Waals surface area contributed by atoms with Crippen molar-refractivity contribution in [1.29, 1.82) is 0 Å². The summed E-state index contributed by atoms with van der Waals surface area (Å²) in [6, 6.07) is 1.52. The van der Waals surface area contributed by atoms with Crippen molar-refractivity contribution in [3.63, 3.8) is 0 Å². The zero-order valence-corrected chi connectivity index (χ0v) is 7.51. The van der Waals surface area contributed by atoms with Crippen LogP contribution in [0, 0.1) is 0 Å². The largest absolute Gasteiger partial charge is 0.359 e. The van der Waals surface area contributed by atoms with Crippen molar-refractivity contribution in [1.82, 2.24) is 9.97 Å². The third kappa shape index (κ3) is 1.84. The van der Waals surface area contributed by atoms with E-state index >= 15 is 0 Å². The molecule has 0 saturated heterocycles. The van der Waals surface area contributed by atoms with Crippen LogP contribution in [0.5, 0.6) is 0 Å². The molecule has 2 N–H and O–H groups in total. The lowest BCUT2D eigenvalue weighted by molar-refractivity contribution is 0.811. The second kappa shape index (κ2) is 3.38. The van der Waals surface area contributed by atoms with Gasteiger partial charge in [-0.25, -0.2) is 4.98 Å². The summed E-state index contributed by atoms with van der Waals surface area (Å²) < 4.78 is 0. The first-order chi connectivity index (χ1) is 5.63. The van der Waals surface area contributed by atoms with Gasteiger partial charge in [0.1, 0.15) is 0 Å². The Morgan fingerprint density at radius 3 is 2.75 bits per heavy atom. The summed E-state index contributed by atoms with van der Waals surface area (Å²) in [6.45, 7) is 4.00. The maximum Gasteiger partial charge on any atom is 0.252 e. The molecule has 1 aromatic rings. The number of aromatic nitrogens is 2. The first-order valence-electron chi connectivity index (χ1n) is 3.92. The second-order valence-corrected chi connectivity index (χ2v) is 2.92. The molecule has 0 aromatic carbocycles. The summed E-state index contributed by atoms with van der Waals surface area (Å²) in [5, 5.41) is 2.80. The van der Waals surface area contributed by atoms with E-state index < -0.39 is 0 Å². The Bertz CT molecular complexity index is 316. The van der Waals surface area contributed by atoms with Gasteiger partial charge in [0, 0.05) is 13.1 Å². The fourth-order valence-electron chi connectivity index (χ4n) is 0.891. The van der Waals surface area contributed by atoms with Crippen molar-refractivity contribution < 1.29 is 0 Å². The lowest BCUT2D eigenvalue weighted by Gasteiger charge is -2.05. The highest BCUT2D eigenvalue weighted by atomic mass is 16.1. The fourth-order valence-corrected chi connectivity index (χ4v) is 0.891. The average Bonchev–Trinajstić information content (AvgIpc) is 2.03. The Labute approximate surface area is 71.0 Å². The molecule has 0 fully saturated rings. The minimum Gasteiger partial charge on any atom is -0.359 e. The number of anilines is 1. The van der Waals surface area contributed by atoms with Gasteiger partial charge < -0.3 is 5.32 Å². The highest BCUT2D eigenvalue weighted by Gasteiger charge is 2.02. The van der Waals surface area contributed by atoms with Crippen LogP contribution in [0.3, 0.4) is 0 Å². The van der Waals surface area contributed by atoms with Crippen LogP contribution in [-0.4, -0.2) is 17.0 Å². The van der Waals surface area contributed by atoms with Crippen LogP contribution < -0.4 is 10.9 Å². The van der Waals surface area contributed by atoms with Gasteiger partial charge in [0.15, 0.2) is 0 Å². The molecule has 0 aliphatic carbocycles. The van der Waals surface area contributed by atoms with E-state index in [1.54, 1.807) is 7.05 Å². The maximum atomic E-state index is 11.0. The summed E-state index contributed by atoms with van der Waals surface area (Å²) in [5.74, 6) is 0.797. The number of nitrogens with one attached hydrogen (secondary N) is 2. The highest BCUT2D eigenvalue weighted by Crippen LogP contribution is 2.09. The van der Waals surface area contributed by atoms with E-state index in [1.807, 2.05) is 13.8 Å². The lowest BCUT2D eigenvalue weighted by Crippen LogP contribution is -2.12. The zero-order valence-electron chi connectivity index (χ0n) is 7.51. The molecule has 0 aliphatic rings. The Morgan fingerprint density at radius 2 is 2.25 bits per heavy atom. The summed E-state index contributed by atoms with van der Waals surface area (Å²) in [6.07, 6.45) is 0. The van der Waals surface area contributed by atoms with Gasteiger partial charge in [0.25, 0.3) is 5.56 Å². The molecule has 0 spiro atoms. The summed E-state index contributed by atoms with van der Waals surface area (Å²) in [4.78, 5) is 17.8. The van der Waals surface area contributed by atoms with E-state index in [0.717, 1.165) is 5.69 Å². The molecular weight excluding hydrogens is 154 g/mol. The molecule has 12 heavy (non-hydrogen) atoms. The van der Waals surface area contributed by atoms with Gasteiger partial charge in [-0.15, -0.1) is 0 Å². The van der Waals surface area contributed by atoms with E-state index in [9.17, 15) is 4.79 Å². The van der Waals surface area contributed by atoms with E-state index in [0.29, 0.717) is 5.95 Å². The Balaban J connectivity index is 3.15. The van der Waals surface area contributed by atoms with Gasteiger partial charge in [-0.3, -0.25) is 9.78 Å². The van der Waals surface area contributed by atoms with Crippen molar-refractivity contribution in [2.75, 3.05) is 12.4 Å². The zero-order chi connectivity index (χ0) is 9.14. The number of hydrogen-bond acceptors (Lipinski definition) is 3. The van der Waals surface area contributed by atoms with Gasteiger partial charge in [-0.1, -0.05) is 13.8 Å². The minimum absolute atomic E-state index is 0.113. The molecule has 1 heterocycles. The van der Waals surface area contributed by atoms with Gasteiger partial charge in [0.2, 0.25) is 5.95 Å². The first kappa shape index (κ1) is 8.77. The molecule has 0 saturated carbocycles. The molecule has 1 rings (SSSR count). The van der Waals surface area contributed by atoms with Crippen LogP contribution in [0.4, 0.5) is 5.95 Å². The summed E-state index contributed by atoms with van der Waals surface area (Å²) in [5.41, 5.74) is 0.696. The van der Waals surface area contributed by atoms with Gasteiger partial charge in [0.05, 0.1) is 5.69 Å². The molecule has 4 nitrogen and oxygen atoms in total. The van der Waals surface area contributed by atoms with Crippen molar-refractivity contribution in [2.45, 2.75) is 19.8 Å². The van der Waals surface area contributed by atoms with E-state index in [-0.39, 0.29) is 11.5 Å². The molecule has 0 aliphatic heterocycles. The van der Waals surface area contributed by atoms with Crippen molar-refractivity contribution in [3.05, 3.63) is 22.1 Å². The number of rotatable bonds is 2. The number of aromatic amines is 1. The Kier molecular flexibility index (Phi) is 2.47. The highest BCUT2D eigenvalue weighted by molar-refractivity contribution is 5.24. The maximum absolute atomic E-state index is 11.0. The number of H-pyrrole nitrogens is 1. The number of nitrogens with zero attached hydrogens (tertiary/aromatic N) is 1. The smallest absolute Gasteiger partial charge is 0.252 e. The van der Waals surface area contributed by atoms with Gasteiger partial charge in [-0.05, 0) is 5.92 Å². The quantitative estimate of drug-likeness (QED) is 0.689. The van der Waals surface area contributed by atoms with Crippen LogP contribution in [0.25, 0.3) is 0 Å². The number of hydrogen-bond donors (Lipinski definition) is 2. The second-order valence-electron chi connectivity index (χ2n) is 2.92. The molecule has 0 amide bonds. The van der Waals surface area contributed by atoms with Gasteiger partial charge >= 0.3 is 0 Å². The van der Waals surface area contributed by atoms with Crippen LogP contribution >= 0.6 is 0 Å². The molecule has 1 aromatic heterocycles. The van der Waals surface area contributed by atoms with Crippen LogP contribution in [0.1, 0.15) is 25.5 Å². The van der Waals surface area contributed by atoms with Crippen LogP contribution in [-0.2, 0) is 0 Å². The van der Waals surface area contributed by atoms with Crippen molar-refractivity contribution in [2.24, 2.45) is 0 Å². The topological polar surface area (TPSA) is 57.8 Å². The average molecular weight is 167 g/mol. The molecular formula is C8H13N3O. The third-order valence-electron chi connectivity index (χ3n) is 1.59. The monoisotopic (exact) mass is 167 g/mol. The Hall–Kier alpha value is -1.32. The SMILES string of the molecule is CNc1nc(C(C)C)cc(=O)[nH]1. The molecule has 0 unspecified atom stereocenters. The molecule has 0 atom stereocenters. The normalized spacial score (nSPS) is 10.3. The van der Waals surface area contributed by atoms with Crippen LogP contribution in [0.15, 0.2) is 10.9 Å². The molecule has 4 heteroatoms. The summed E-state index contributed by atoms with van der Waals surface area (Å²) in [7, 11) is 1.72. The van der Waals surface area contributed by atoms with E-state index in [4.69, 9.17) is 0 Å². The Morgan fingerprint density at radius 1 is 1.58 bits per heavy atom. The van der Waals surface area contributed by atoms with Crippen LogP contribution in [0.2, 0.25) is 0 Å². The van der Waals surface area contributed by atoms with Gasteiger partial charge in [-0.2, -0.15) is 0 Å². The molecule has 0 radical (unpaired) electrons. The standard InChI is InChI=1S/C8H13N3O/c1-5(2)6-4-7(12)11-8(9-3)10-6/h4-5H,1-3H3,(H2,9,10,11,12). The van der Waals surface area contributed by atoms with Crippen molar-refractivity contribution >= 4 is 5.95 Å². The van der Waals surface area contributed by atoms with E-state index in [2.05, 4.69) is 15.3 Å². The molecule has 0 bridgehead atoms. The lowest BCUT2D eigenvalue weighted by atomic mass is 10.1. The molecule has 66 valence electrons. The third-order valence-corrected chi connectivity index (χ3v) is 1.59.